The van der Waals surface area contributed by atoms with Gasteiger partial charge in [0.1, 0.15) is 11.5 Å². The number of hydrogen-bond donors (Lipinski definition) is 1. The lowest BCUT2D eigenvalue weighted by Crippen LogP contribution is -2.15. The number of halogens is 1. The zero-order valence-corrected chi connectivity index (χ0v) is 16.4. The van der Waals surface area contributed by atoms with Crippen LogP contribution in [0.15, 0.2) is 51.7 Å². The van der Waals surface area contributed by atoms with Gasteiger partial charge in [0.2, 0.25) is 5.43 Å². The molecule has 0 amide bonds. The Kier molecular flexibility index (Phi) is 6.97. The van der Waals surface area contributed by atoms with Gasteiger partial charge in [-0.3, -0.25) is 9.59 Å². The van der Waals surface area contributed by atoms with Gasteiger partial charge in [-0.2, -0.15) is 0 Å². The first-order valence-electron chi connectivity index (χ1n) is 8.02. The maximum Gasteiger partial charge on any atom is 0.212 e. The molecule has 2 aromatic carbocycles. The van der Waals surface area contributed by atoms with E-state index in [9.17, 15) is 9.59 Å². The highest BCUT2D eigenvalue weighted by Gasteiger charge is 2.11. The van der Waals surface area contributed by atoms with Crippen LogP contribution >= 0.6 is 15.9 Å². The third-order valence-corrected chi connectivity index (χ3v) is 4.16. The highest BCUT2D eigenvalue weighted by Crippen LogP contribution is 2.25. The number of nitrogens with one attached hydrogen (secondary N) is 1. The van der Waals surface area contributed by atoms with E-state index in [1.807, 2.05) is 6.92 Å². The number of carbonyl (C=O) groups excluding carboxylic acids is 1. The minimum atomic E-state index is -0.385. The normalized spacial score (nSPS) is 10.6. The molecule has 2 rings (SSSR count). The highest BCUT2D eigenvalue weighted by atomic mass is 79.9. The van der Waals surface area contributed by atoms with Crippen molar-refractivity contribution >= 4 is 33.5 Å². The maximum atomic E-state index is 12.6. The third kappa shape index (κ3) is 4.73. The van der Waals surface area contributed by atoms with Crippen LogP contribution in [0.5, 0.6) is 11.5 Å². The maximum absolute atomic E-state index is 12.6. The van der Waals surface area contributed by atoms with Gasteiger partial charge in [0.05, 0.1) is 25.5 Å². The van der Waals surface area contributed by atoms with E-state index in [-0.39, 0.29) is 16.8 Å². The SMILES string of the molecule is CCNc1ccc(Br)cc(C(=O)/C=C/c2ccc(OC)cc2OC)c1=O. The summed E-state index contributed by atoms with van der Waals surface area (Å²) in [7, 11) is 3.11. The molecule has 0 aliphatic heterocycles. The minimum Gasteiger partial charge on any atom is -0.497 e. The van der Waals surface area contributed by atoms with Gasteiger partial charge in [-0.1, -0.05) is 15.9 Å². The van der Waals surface area contributed by atoms with Gasteiger partial charge in [0.15, 0.2) is 5.78 Å². The van der Waals surface area contributed by atoms with Crippen LogP contribution in [0.1, 0.15) is 22.8 Å². The highest BCUT2D eigenvalue weighted by molar-refractivity contribution is 9.10. The van der Waals surface area contributed by atoms with E-state index in [2.05, 4.69) is 21.2 Å². The Bertz CT molecular complexity index is 893. The number of hydrogen-bond acceptors (Lipinski definition) is 5. The van der Waals surface area contributed by atoms with Crippen molar-refractivity contribution in [1.82, 2.24) is 0 Å². The van der Waals surface area contributed by atoms with Gasteiger partial charge < -0.3 is 14.8 Å². The lowest BCUT2D eigenvalue weighted by molar-refractivity contribution is 0.104. The molecule has 0 radical (unpaired) electrons. The summed E-state index contributed by atoms with van der Waals surface area (Å²) in [5, 5.41) is 2.98. The van der Waals surface area contributed by atoms with Gasteiger partial charge in [-0.05, 0) is 49.4 Å². The first-order chi connectivity index (χ1) is 12.5. The summed E-state index contributed by atoms with van der Waals surface area (Å²) in [5.41, 5.74) is 0.841. The Labute approximate surface area is 160 Å². The average Bonchev–Trinajstić information content (AvgIpc) is 2.79. The molecule has 5 nitrogen and oxygen atoms in total. The molecular formula is C20H20BrNO4. The monoisotopic (exact) mass is 417 g/mol. The molecule has 1 N–H and O–H groups in total. The standard InChI is InChI=1S/C20H20BrNO4/c1-4-22-17-9-7-14(21)11-16(20(17)24)18(23)10-6-13-5-8-15(25-2)12-19(13)26-3/h5-12H,4H2,1-3H3,(H,22,24)/b10-6+. The first-order valence-corrected chi connectivity index (χ1v) is 8.81. The number of benzene rings is 1. The molecule has 136 valence electrons. The number of ketones is 1. The van der Waals surface area contributed by atoms with Crippen molar-refractivity contribution in [2.75, 3.05) is 26.1 Å². The summed E-state index contributed by atoms with van der Waals surface area (Å²) in [4.78, 5) is 25.2. The van der Waals surface area contributed by atoms with E-state index in [0.29, 0.717) is 33.8 Å². The zero-order valence-electron chi connectivity index (χ0n) is 14.8. The quantitative estimate of drug-likeness (QED) is 0.541. The van der Waals surface area contributed by atoms with Crippen molar-refractivity contribution in [3.63, 3.8) is 0 Å². The smallest absolute Gasteiger partial charge is 0.212 e. The predicted molar refractivity (Wildman–Crippen MR) is 107 cm³/mol. The van der Waals surface area contributed by atoms with Gasteiger partial charge in [-0.15, -0.1) is 0 Å². The van der Waals surface area contributed by atoms with E-state index in [4.69, 9.17) is 9.47 Å². The molecule has 6 heteroatoms. The number of rotatable bonds is 7. The van der Waals surface area contributed by atoms with Gasteiger partial charge >= 0.3 is 0 Å². The fourth-order valence-corrected chi connectivity index (χ4v) is 2.72. The molecule has 26 heavy (non-hydrogen) atoms. The molecular weight excluding hydrogens is 398 g/mol. The van der Waals surface area contributed by atoms with Crippen molar-refractivity contribution in [2.24, 2.45) is 0 Å². The van der Waals surface area contributed by atoms with Gasteiger partial charge in [-0.25, -0.2) is 0 Å². The van der Waals surface area contributed by atoms with Crippen molar-refractivity contribution < 1.29 is 14.3 Å². The molecule has 0 aliphatic rings. The molecule has 0 atom stereocenters. The van der Waals surface area contributed by atoms with E-state index >= 15 is 0 Å². The zero-order chi connectivity index (χ0) is 19.1. The Hall–Kier alpha value is -2.60. The molecule has 0 saturated carbocycles. The Morgan fingerprint density at radius 2 is 1.92 bits per heavy atom. The Morgan fingerprint density at radius 3 is 2.58 bits per heavy atom. The minimum absolute atomic E-state index is 0.0848. The van der Waals surface area contributed by atoms with E-state index in [1.165, 1.54) is 12.1 Å². The fourth-order valence-electron chi connectivity index (χ4n) is 2.36. The predicted octanol–water partition coefficient (Wildman–Crippen LogP) is 4.15. The first kappa shape index (κ1) is 19.7. The summed E-state index contributed by atoms with van der Waals surface area (Å²) in [5.74, 6) is 0.842. The van der Waals surface area contributed by atoms with Crippen molar-refractivity contribution in [3.05, 3.63) is 68.3 Å². The topological polar surface area (TPSA) is 64.6 Å². The number of carbonyl (C=O) groups is 1. The largest absolute Gasteiger partial charge is 0.497 e. The van der Waals surface area contributed by atoms with E-state index in [1.54, 1.807) is 50.6 Å². The lowest BCUT2D eigenvalue weighted by Gasteiger charge is -2.07. The molecule has 0 aliphatic carbocycles. The molecule has 0 bridgehead atoms. The van der Waals surface area contributed by atoms with Crippen molar-refractivity contribution in [2.45, 2.75) is 6.92 Å². The van der Waals surface area contributed by atoms with E-state index in [0.717, 1.165) is 0 Å². The number of ether oxygens (including phenoxy) is 2. The van der Waals surface area contributed by atoms with Crippen molar-refractivity contribution in [3.8, 4) is 11.5 Å². The lowest BCUT2D eigenvalue weighted by atomic mass is 10.1. The third-order valence-electron chi connectivity index (χ3n) is 3.67. The van der Waals surface area contributed by atoms with Gasteiger partial charge in [0.25, 0.3) is 0 Å². The second-order valence-corrected chi connectivity index (χ2v) is 6.27. The summed E-state index contributed by atoms with van der Waals surface area (Å²) >= 11 is 3.34. The number of allylic oxidation sites excluding steroid dienone is 1. The Morgan fingerprint density at radius 1 is 1.15 bits per heavy atom. The molecule has 0 spiro atoms. The van der Waals surface area contributed by atoms with Crippen LogP contribution in [0.3, 0.4) is 0 Å². The Balaban J connectivity index is 2.41. The van der Waals surface area contributed by atoms with Crippen LogP contribution in [0.4, 0.5) is 5.69 Å². The average molecular weight is 418 g/mol. The molecule has 0 saturated heterocycles. The molecule has 0 unspecified atom stereocenters. The van der Waals surface area contributed by atoms with Crippen molar-refractivity contribution in [1.29, 1.82) is 0 Å². The van der Waals surface area contributed by atoms with Crippen LogP contribution < -0.4 is 20.2 Å². The summed E-state index contributed by atoms with van der Waals surface area (Å²) in [6, 6.07) is 10.2. The van der Waals surface area contributed by atoms with Crippen LogP contribution in [-0.2, 0) is 0 Å². The summed E-state index contributed by atoms with van der Waals surface area (Å²) < 4.78 is 11.1. The van der Waals surface area contributed by atoms with Crippen LogP contribution in [0, 0.1) is 0 Å². The summed E-state index contributed by atoms with van der Waals surface area (Å²) in [6.45, 7) is 2.47. The second kappa shape index (κ2) is 9.20. The summed E-state index contributed by atoms with van der Waals surface area (Å²) in [6.07, 6.45) is 2.98. The second-order valence-electron chi connectivity index (χ2n) is 5.35. The number of methoxy groups -OCH3 is 2. The molecule has 0 fully saturated rings. The van der Waals surface area contributed by atoms with Crippen LogP contribution in [0.2, 0.25) is 0 Å². The van der Waals surface area contributed by atoms with E-state index < -0.39 is 0 Å². The van der Waals surface area contributed by atoms with Crippen LogP contribution in [0.25, 0.3) is 6.08 Å². The molecule has 0 heterocycles. The number of anilines is 1. The fraction of sp³-hybridized carbons (Fsp3) is 0.200. The van der Waals surface area contributed by atoms with Crippen LogP contribution in [-0.4, -0.2) is 26.5 Å². The van der Waals surface area contributed by atoms with Gasteiger partial charge in [0, 0.05) is 22.6 Å². The molecule has 2 aromatic rings. The molecule has 0 aromatic heterocycles.